The molecule has 0 saturated heterocycles. The summed E-state index contributed by atoms with van der Waals surface area (Å²) in [4.78, 5) is -2.18. The van der Waals surface area contributed by atoms with E-state index in [0.29, 0.717) is 11.8 Å². The van der Waals surface area contributed by atoms with Crippen LogP contribution >= 0.6 is 0 Å². The number of hydrogen-bond acceptors (Lipinski definition) is 6. The molecular weight excluding hydrogens is 372 g/mol. The summed E-state index contributed by atoms with van der Waals surface area (Å²) in [5.74, 6) is 0. The molecule has 0 amide bonds. The lowest BCUT2D eigenvalue weighted by Gasteiger charge is -2.20. The van der Waals surface area contributed by atoms with Crippen LogP contribution in [0.5, 0.6) is 0 Å². The van der Waals surface area contributed by atoms with Crippen LogP contribution in [0.3, 0.4) is 0 Å². The molecule has 0 heterocycles. The van der Waals surface area contributed by atoms with Crippen molar-refractivity contribution in [2.75, 3.05) is 13.1 Å². The molecule has 0 radical (unpaired) electrons. The molecule has 0 spiro atoms. The van der Waals surface area contributed by atoms with Gasteiger partial charge in [-0.25, -0.2) is 0 Å². The average Bonchev–Trinajstić information content (AvgIpc) is 2.66. The Kier molecular flexibility index (Phi) is 25.1. The SMILES string of the molecule is CCCCCCCCC=CCCCCCCCCCCN(O)O.CC[N+]([O-])(O)O. The largest absolute Gasteiger partial charge is 0.564 e. The van der Waals surface area contributed by atoms with Crippen molar-refractivity contribution in [3.63, 3.8) is 0 Å². The van der Waals surface area contributed by atoms with Gasteiger partial charge in [-0.3, -0.25) is 10.4 Å². The van der Waals surface area contributed by atoms with Gasteiger partial charge >= 0.3 is 0 Å². The summed E-state index contributed by atoms with van der Waals surface area (Å²) in [6.07, 6.45) is 25.4. The van der Waals surface area contributed by atoms with E-state index in [-0.39, 0.29) is 6.54 Å². The van der Waals surface area contributed by atoms with E-state index in [9.17, 15) is 5.21 Å². The van der Waals surface area contributed by atoms with Crippen molar-refractivity contribution in [3.05, 3.63) is 17.4 Å². The molecule has 0 aromatic carbocycles. The van der Waals surface area contributed by atoms with Crippen molar-refractivity contribution in [2.45, 2.75) is 117 Å². The molecule has 29 heavy (non-hydrogen) atoms. The predicted molar refractivity (Wildman–Crippen MR) is 117 cm³/mol. The molecule has 0 fully saturated rings. The Morgan fingerprint density at radius 3 is 1.34 bits per heavy atom. The number of unbranched alkanes of at least 4 members (excludes halogenated alkanes) is 14. The molecule has 0 saturated carbocycles. The molecule has 4 N–H and O–H groups in total. The summed E-state index contributed by atoms with van der Waals surface area (Å²) in [5, 5.41) is 42.5. The molecule has 7 nitrogen and oxygen atoms in total. The Morgan fingerprint density at radius 1 is 0.655 bits per heavy atom. The third-order valence-electron chi connectivity index (χ3n) is 4.78. The monoisotopic (exact) mass is 420 g/mol. The van der Waals surface area contributed by atoms with Gasteiger partial charge in [-0.2, -0.15) is 10.4 Å². The maximum Gasteiger partial charge on any atom is 0.139 e. The summed E-state index contributed by atoms with van der Waals surface area (Å²) in [6.45, 7) is 3.77. The highest BCUT2D eigenvalue weighted by Crippen LogP contribution is 2.11. The molecule has 7 heteroatoms. The molecule has 0 aliphatic rings. The minimum absolute atomic E-state index is 0.236. The van der Waals surface area contributed by atoms with Crippen molar-refractivity contribution in [3.8, 4) is 0 Å². The maximum absolute atomic E-state index is 9.52. The van der Waals surface area contributed by atoms with Crippen LogP contribution < -0.4 is 0 Å². The van der Waals surface area contributed by atoms with Gasteiger partial charge in [-0.1, -0.05) is 99.9 Å². The zero-order chi connectivity index (χ0) is 22.2. The molecule has 0 aromatic rings. The van der Waals surface area contributed by atoms with E-state index in [4.69, 9.17) is 20.8 Å². The van der Waals surface area contributed by atoms with Gasteiger partial charge < -0.3 is 5.21 Å². The fourth-order valence-corrected chi connectivity index (χ4v) is 2.85. The van der Waals surface area contributed by atoms with Crippen LogP contribution in [0.15, 0.2) is 12.2 Å². The topological polar surface area (TPSA) is 107 Å². The van der Waals surface area contributed by atoms with Gasteiger partial charge in [-0.05, 0) is 39.0 Å². The van der Waals surface area contributed by atoms with Gasteiger partial charge in [-0.15, -0.1) is 0 Å². The van der Waals surface area contributed by atoms with Crippen molar-refractivity contribution in [1.82, 2.24) is 5.23 Å². The Hall–Kier alpha value is -0.540. The van der Waals surface area contributed by atoms with Gasteiger partial charge in [0.25, 0.3) is 0 Å². The van der Waals surface area contributed by atoms with Crippen LogP contribution in [-0.4, -0.2) is 44.1 Å². The van der Waals surface area contributed by atoms with E-state index in [1.807, 2.05) is 0 Å². The molecule has 0 atom stereocenters. The molecular formula is C22H48N2O5. The zero-order valence-corrected chi connectivity index (χ0v) is 19.0. The average molecular weight is 421 g/mol. The fraction of sp³-hybridized carbons (Fsp3) is 0.909. The number of nitrogens with zero attached hydrogens (tertiary/aromatic N) is 2. The second kappa shape index (κ2) is 23.7. The highest BCUT2D eigenvalue weighted by Gasteiger charge is 1.99. The fourth-order valence-electron chi connectivity index (χ4n) is 2.85. The summed E-state index contributed by atoms with van der Waals surface area (Å²) in [6, 6.07) is 0. The lowest BCUT2D eigenvalue weighted by atomic mass is 10.1. The van der Waals surface area contributed by atoms with Gasteiger partial charge in [0, 0.05) is 0 Å². The predicted octanol–water partition coefficient (Wildman–Crippen LogP) is 6.98. The lowest BCUT2D eigenvalue weighted by Crippen LogP contribution is -2.33. The van der Waals surface area contributed by atoms with Gasteiger partial charge in [0.2, 0.25) is 0 Å². The van der Waals surface area contributed by atoms with Gasteiger partial charge in [0.05, 0.1) is 6.54 Å². The van der Waals surface area contributed by atoms with E-state index in [0.717, 1.165) is 12.8 Å². The first-order valence-electron chi connectivity index (χ1n) is 11.7. The summed E-state index contributed by atoms with van der Waals surface area (Å²) in [7, 11) is 0. The Labute approximate surface area is 178 Å². The standard InChI is InChI=1S/C20H41NO2.C2H7NO3/c1-2-3-4-5-6-7-8-9-10-11-12-13-14-15-16-17-18-19-20-21(22)23;1-2-3(4,5)6/h9-10,22-23H,2-8,11-20H2,1H3;4-5H,2H2,1H3. The zero-order valence-electron chi connectivity index (χ0n) is 19.0. The highest BCUT2D eigenvalue weighted by atomic mass is 17.1. The number of hydrogen-bond donors (Lipinski definition) is 4. The van der Waals surface area contributed by atoms with Crippen LogP contribution in [0.2, 0.25) is 0 Å². The van der Waals surface area contributed by atoms with Crippen molar-refractivity contribution in [1.29, 1.82) is 0 Å². The van der Waals surface area contributed by atoms with E-state index >= 15 is 0 Å². The smallest absolute Gasteiger partial charge is 0.139 e. The summed E-state index contributed by atoms with van der Waals surface area (Å²) < 4.78 is 0. The Morgan fingerprint density at radius 2 is 1.00 bits per heavy atom. The van der Waals surface area contributed by atoms with Crippen molar-refractivity contribution < 1.29 is 25.8 Å². The van der Waals surface area contributed by atoms with Crippen LogP contribution in [0.4, 0.5) is 0 Å². The molecule has 0 aliphatic heterocycles. The first-order valence-corrected chi connectivity index (χ1v) is 11.7. The van der Waals surface area contributed by atoms with E-state index in [1.54, 1.807) is 0 Å². The Balaban J connectivity index is 0. The first-order chi connectivity index (χ1) is 13.8. The third kappa shape index (κ3) is 35.3. The first kappa shape index (κ1) is 30.7. The molecule has 0 aromatic heterocycles. The quantitative estimate of drug-likeness (QED) is 0.0776. The van der Waals surface area contributed by atoms with Crippen LogP contribution in [0.25, 0.3) is 0 Å². The van der Waals surface area contributed by atoms with Crippen molar-refractivity contribution >= 4 is 0 Å². The van der Waals surface area contributed by atoms with Crippen LogP contribution in [0.1, 0.15) is 117 Å². The molecule has 0 rings (SSSR count). The molecule has 0 unspecified atom stereocenters. The minimum atomic E-state index is -2.18. The molecule has 0 aliphatic carbocycles. The van der Waals surface area contributed by atoms with E-state index in [2.05, 4.69) is 19.1 Å². The van der Waals surface area contributed by atoms with Crippen molar-refractivity contribution in [2.24, 2.45) is 0 Å². The second-order valence-electron chi connectivity index (χ2n) is 7.72. The number of hydroxylamine groups is 5. The van der Waals surface area contributed by atoms with Gasteiger partial charge in [0.15, 0.2) is 0 Å². The number of quaternary nitrogens is 1. The Bertz CT molecular complexity index is 334. The third-order valence-corrected chi connectivity index (χ3v) is 4.78. The highest BCUT2D eigenvalue weighted by molar-refractivity contribution is 4.81. The van der Waals surface area contributed by atoms with E-state index in [1.165, 1.54) is 96.8 Å². The maximum atomic E-state index is 9.52. The summed E-state index contributed by atoms with van der Waals surface area (Å²) in [5.41, 5.74) is 0. The minimum Gasteiger partial charge on any atom is -0.564 e. The van der Waals surface area contributed by atoms with Crippen LogP contribution in [-0.2, 0) is 0 Å². The number of allylic oxidation sites excluding steroid dienone is 2. The molecule has 176 valence electrons. The van der Waals surface area contributed by atoms with E-state index < -0.39 is 4.97 Å². The van der Waals surface area contributed by atoms with Gasteiger partial charge in [0.1, 0.15) is 6.54 Å². The normalized spacial score (nSPS) is 11.9. The second-order valence-corrected chi connectivity index (χ2v) is 7.72. The van der Waals surface area contributed by atoms with Crippen LogP contribution in [0, 0.1) is 5.21 Å². The molecule has 0 bridgehead atoms. The number of rotatable bonds is 19. The lowest BCUT2D eigenvalue weighted by molar-refractivity contribution is -1.21. The summed E-state index contributed by atoms with van der Waals surface area (Å²) >= 11 is 0.